The minimum atomic E-state index is 0. The van der Waals surface area contributed by atoms with E-state index in [1.54, 1.807) is 0 Å². The number of para-hydroxylation sites is 2. The summed E-state index contributed by atoms with van der Waals surface area (Å²) in [5, 5.41) is 0. The smallest absolute Gasteiger partial charge is 0.498 e. The van der Waals surface area contributed by atoms with Crippen molar-refractivity contribution >= 4 is 17.1 Å². The Bertz CT molecular complexity index is 2150. The first-order chi connectivity index (χ1) is 26.3. The zero-order valence-corrected chi connectivity index (χ0v) is 35.5. The maximum atomic E-state index is 4.60. The maximum Gasteiger partial charge on any atom is 3.00 e. The van der Waals surface area contributed by atoms with Gasteiger partial charge in [-0.25, -0.2) is 0 Å². The van der Waals surface area contributed by atoms with Crippen molar-refractivity contribution in [1.82, 2.24) is 14.5 Å². The monoisotopic (exact) mass is 902 g/mol. The fourth-order valence-electron chi connectivity index (χ4n) is 8.04. The van der Waals surface area contributed by atoms with E-state index in [1.165, 1.54) is 82.6 Å². The summed E-state index contributed by atoms with van der Waals surface area (Å²) in [7, 11) is 0. The summed E-state index contributed by atoms with van der Waals surface area (Å²) in [5.74, 6) is 1.86. The molecule has 282 valence electrons. The van der Waals surface area contributed by atoms with Crippen LogP contribution in [0.25, 0.3) is 28.5 Å². The molecular weight excluding hydrogens is 849 g/mol. The molecule has 0 amide bonds. The van der Waals surface area contributed by atoms with Gasteiger partial charge in [0.2, 0.25) is 0 Å². The van der Waals surface area contributed by atoms with Crippen molar-refractivity contribution in [2.45, 2.75) is 91.5 Å². The van der Waals surface area contributed by atoms with Crippen molar-refractivity contribution < 1.29 is 20.1 Å². The van der Waals surface area contributed by atoms with Crippen LogP contribution in [-0.4, -0.2) is 20.5 Å². The molecule has 2 heterocycles. The molecular formula is C50H53IrN4. The Kier molecular flexibility index (Phi) is 13.3. The SMILES string of the molecule is CC(C)c1cccc(C(C)C)c1-n1ccnc1-c1[c-]cccc1.Cc1ccccc1C1=C(c2ccccc2C)N(C2CCCCC2)[CH-]N1c1[c-]cccc1.[Ir+3]. The molecule has 5 heteroatoms. The fourth-order valence-corrected chi connectivity index (χ4v) is 8.04. The number of hydrogen-bond acceptors (Lipinski definition) is 3. The Labute approximate surface area is 343 Å². The van der Waals surface area contributed by atoms with Crippen LogP contribution in [-0.2, 0) is 20.1 Å². The van der Waals surface area contributed by atoms with E-state index >= 15 is 0 Å². The minimum absolute atomic E-state index is 0. The number of hydrogen-bond donors (Lipinski definition) is 0. The molecule has 0 radical (unpaired) electrons. The molecule has 0 saturated heterocycles. The number of benzene rings is 5. The van der Waals surface area contributed by atoms with E-state index in [9.17, 15) is 0 Å². The number of imidazole rings is 1. The average molecular weight is 902 g/mol. The molecule has 0 atom stereocenters. The molecule has 1 saturated carbocycles. The molecule has 2 aliphatic rings. The Morgan fingerprint density at radius 3 is 1.80 bits per heavy atom. The Hall–Kier alpha value is -4.70. The molecule has 1 aromatic heterocycles. The van der Waals surface area contributed by atoms with Crippen LogP contribution in [0.2, 0.25) is 0 Å². The van der Waals surface area contributed by atoms with Crippen molar-refractivity contribution in [3.8, 4) is 17.1 Å². The summed E-state index contributed by atoms with van der Waals surface area (Å²) in [6.07, 6.45) is 10.4. The van der Waals surface area contributed by atoms with Crippen molar-refractivity contribution in [3.05, 3.63) is 180 Å². The largest absolute Gasteiger partial charge is 3.00 e. The molecule has 4 nitrogen and oxygen atoms in total. The van der Waals surface area contributed by atoms with Crippen LogP contribution in [0.1, 0.15) is 105 Å². The van der Waals surface area contributed by atoms with Gasteiger partial charge in [0, 0.05) is 46.6 Å². The van der Waals surface area contributed by atoms with Gasteiger partial charge in [-0.15, -0.1) is 41.6 Å². The van der Waals surface area contributed by atoms with E-state index in [-0.39, 0.29) is 20.1 Å². The topological polar surface area (TPSA) is 24.3 Å². The van der Waals surface area contributed by atoms with Crippen LogP contribution < -0.4 is 4.90 Å². The van der Waals surface area contributed by atoms with Gasteiger partial charge in [0.05, 0.1) is 5.82 Å². The molecule has 0 spiro atoms. The normalized spacial score (nSPS) is 14.6. The molecule has 1 aliphatic heterocycles. The van der Waals surface area contributed by atoms with Gasteiger partial charge in [-0.05, 0) is 60.8 Å². The predicted octanol–water partition coefficient (Wildman–Crippen LogP) is 12.8. The first-order valence-electron chi connectivity index (χ1n) is 19.7. The second-order valence-electron chi connectivity index (χ2n) is 15.3. The van der Waals surface area contributed by atoms with E-state index < -0.39 is 0 Å². The van der Waals surface area contributed by atoms with Crippen LogP contribution in [0.15, 0.2) is 128 Å². The van der Waals surface area contributed by atoms with Gasteiger partial charge in [-0.1, -0.05) is 114 Å². The fraction of sp³-hybridized carbons (Fsp3) is 0.280. The third-order valence-corrected chi connectivity index (χ3v) is 10.9. The van der Waals surface area contributed by atoms with Crippen LogP contribution in [0, 0.1) is 32.6 Å². The molecule has 8 rings (SSSR count). The van der Waals surface area contributed by atoms with Gasteiger partial charge in [0.1, 0.15) is 0 Å². The average Bonchev–Trinajstić information content (AvgIpc) is 3.85. The Balaban J connectivity index is 0.000000192. The van der Waals surface area contributed by atoms with Gasteiger partial charge in [0.25, 0.3) is 0 Å². The van der Waals surface area contributed by atoms with Crippen LogP contribution in [0.5, 0.6) is 0 Å². The van der Waals surface area contributed by atoms with Crippen molar-refractivity contribution in [1.29, 1.82) is 0 Å². The van der Waals surface area contributed by atoms with Crippen LogP contribution in [0.4, 0.5) is 5.69 Å². The van der Waals surface area contributed by atoms with Gasteiger partial charge < -0.3 is 14.4 Å². The predicted molar refractivity (Wildman–Crippen MR) is 226 cm³/mol. The third kappa shape index (κ3) is 8.59. The summed E-state index contributed by atoms with van der Waals surface area (Å²) < 4.78 is 2.22. The van der Waals surface area contributed by atoms with Gasteiger partial charge in [-0.2, -0.15) is 37.0 Å². The third-order valence-electron chi connectivity index (χ3n) is 10.9. The maximum absolute atomic E-state index is 4.60. The number of aromatic nitrogens is 2. The number of anilines is 1. The van der Waals surface area contributed by atoms with Crippen LogP contribution >= 0.6 is 0 Å². The molecule has 0 unspecified atom stereocenters. The van der Waals surface area contributed by atoms with Gasteiger partial charge in [-0.3, -0.25) is 4.98 Å². The van der Waals surface area contributed by atoms with E-state index in [2.05, 4.69) is 171 Å². The van der Waals surface area contributed by atoms with Gasteiger partial charge in [0.15, 0.2) is 0 Å². The molecule has 5 aromatic carbocycles. The van der Waals surface area contributed by atoms with E-state index in [0.29, 0.717) is 17.9 Å². The summed E-state index contributed by atoms with van der Waals surface area (Å²) in [5.41, 5.74) is 13.9. The Morgan fingerprint density at radius 1 is 0.655 bits per heavy atom. The molecule has 6 aromatic rings. The number of nitrogens with zero attached hydrogens (tertiary/aromatic N) is 4. The number of rotatable bonds is 8. The van der Waals surface area contributed by atoms with E-state index in [1.807, 2.05) is 36.5 Å². The summed E-state index contributed by atoms with van der Waals surface area (Å²) in [6, 6.07) is 47.8. The molecule has 0 bridgehead atoms. The quantitative estimate of drug-likeness (QED) is 0.142. The van der Waals surface area contributed by atoms with E-state index in [4.69, 9.17) is 0 Å². The minimum Gasteiger partial charge on any atom is -0.498 e. The number of aryl methyl sites for hydroxylation is 2. The second kappa shape index (κ2) is 18.3. The summed E-state index contributed by atoms with van der Waals surface area (Å²) in [4.78, 5) is 9.53. The summed E-state index contributed by atoms with van der Waals surface area (Å²) in [6.45, 7) is 15.8. The second-order valence-corrected chi connectivity index (χ2v) is 15.3. The molecule has 1 fully saturated rings. The van der Waals surface area contributed by atoms with Crippen LogP contribution in [0.3, 0.4) is 0 Å². The first kappa shape index (κ1) is 40.0. The van der Waals surface area contributed by atoms with E-state index in [0.717, 1.165) is 17.1 Å². The van der Waals surface area contributed by atoms with Gasteiger partial charge >= 0.3 is 20.1 Å². The Morgan fingerprint density at radius 2 is 1.24 bits per heavy atom. The van der Waals surface area contributed by atoms with Crippen molar-refractivity contribution in [2.24, 2.45) is 0 Å². The molecule has 0 N–H and O–H groups in total. The van der Waals surface area contributed by atoms with Crippen molar-refractivity contribution in [2.75, 3.05) is 4.90 Å². The first-order valence-corrected chi connectivity index (χ1v) is 19.7. The zero-order chi connectivity index (χ0) is 37.6. The zero-order valence-electron chi connectivity index (χ0n) is 33.1. The van der Waals surface area contributed by atoms with Crippen molar-refractivity contribution in [3.63, 3.8) is 0 Å². The standard InChI is InChI=1S/C29H30N2.C21H23N2.Ir/c1-22-13-9-11-19-26(22)28-29(27-20-12-10-14-23(27)2)31(25-17-7-4-8-18-25)21-30(28)24-15-5-3-6-16-24;1-15(2)18-11-8-12-19(16(3)4)20(18)23-14-13-22-21(23)17-9-6-5-7-10-17;/h3,5-6,9-15,19-21,25H,4,7-8,17-18H2,1-2H3;5-9,11-16H,1-4H3;/q-2;-1;+3. The molecule has 1 aliphatic carbocycles. The molecule has 55 heavy (non-hydrogen) atoms. The summed E-state index contributed by atoms with van der Waals surface area (Å²) >= 11 is 0.